The fourth-order valence-electron chi connectivity index (χ4n) is 1.10. The van der Waals surface area contributed by atoms with Crippen LogP contribution in [0.25, 0.3) is 0 Å². The Hall–Kier alpha value is -1.16. The maximum atomic E-state index is 5.43. The van der Waals surface area contributed by atoms with Gasteiger partial charge in [-0.2, -0.15) is 0 Å². The summed E-state index contributed by atoms with van der Waals surface area (Å²) in [6, 6.07) is 0. The first-order valence-corrected chi connectivity index (χ1v) is 5.39. The molecule has 4 heteroatoms. The maximum Gasteiger partial charge on any atom is 0.155 e. The summed E-state index contributed by atoms with van der Waals surface area (Å²) in [6.07, 6.45) is 7.94. The van der Waals surface area contributed by atoms with E-state index < -0.39 is 0 Å². The Kier molecular flexibility index (Phi) is 6.49. The molecule has 4 nitrogen and oxygen atoms in total. The van der Waals surface area contributed by atoms with Crippen LogP contribution < -0.4 is 4.74 Å². The van der Waals surface area contributed by atoms with Gasteiger partial charge in [-0.05, 0) is 19.3 Å². The smallest absolute Gasteiger partial charge is 0.155 e. The van der Waals surface area contributed by atoms with Crippen LogP contribution in [-0.4, -0.2) is 29.8 Å². The molecule has 0 aromatic carbocycles. The minimum Gasteiger partial charge on any atom is -0.490 e. The van der Waals surface area contributed by atoms with Crippen LogP contribution in [0.4, 0.5) is 0 Å². The molecule has 0 saturated heterocycles. The highest BCUT2D eigenvalue weighted by molar-refractivity contribution is 5.09. The molecule has 0 unspecified atom stereocenters. The molecule has 0 saturated carbocycles. The number of ether oxygens (including phenoxy) is 2. The third kappa shape index (κ3) is 6.01. The lowest BCUT2D eigenvalue weighted by molar-refractivity contribution is 0.127. The lowest BCUT2D eigenvalue weighted by atomic mass is 10.3. The fourth-order valence-corrected chi connectivity index (χ4v) is 1.10. The molecule has 0 atom stereocenters. The molecule has 15 heavy (non-hydrogen) atoms. The van der Waals surface area contributed by atoms with Crippen LogP contribution >= 0.6 is 0 Å². The fraction of sp³-hybridized carbons (Fsp3) is 0.636. The lowest BCUT2D eigenvalue weighted by Gasteiger charge is -2.05. The zero-order chi connectivity index (χ0) is 10.8. The van der Waals surface area contributed by atoms with Crippen LogP contribution in [0.2, 0.25) is 0 Å². The predicted molar refractivity (Wildman–Crippen MR) is 57.9 cm³/mol. The molecule has 0 bridgehead atoms. The molecule has 1 aromatic heterocycles. The Labute approximate surface area is 90.7 Å². The first-order valence-electron chi connectivity index (χ1n) is 5.39. The van der Waals surface area contributed by atoms with Crippen LogP contribution in [0, 0.1) is 0 Å². The molecule has 0 aliphatic heterocycles. The summed E-state index contributed by atoms with van der Waals surface area (Å²) in [5.74, 6) is 0.729. The number of hydrogen-bond donors (Lipinski definition) is 0. The van der Waals surface area contributed by atoms with Crippen molar-refractivity contribution in [3.8, 4) is 5.75 Å². The standard InChI is InChI=1S/C11H18N2O2/c1-2-5-14-6-3-4-7-15-11-8-12-10-13-9-11/h8-10H,2-7H2,1H3. The second-order valence-electron chi connectivity index (χ2n) is 3.24. The molecule has 1 rings (SSSR count). The average Bonchev–Trinajstić information content (AvgIpc) is 2.29. The number of aromatic nitrogens is 2. The Bertz CT molecular complexity index is 242. The van der Waals surface area contributed by atoms with Crippen molar-refractivity contribution in [3.63, 3.8) is 0 Å². The largest absolute Gasteiger partial charge is 0.490 e. The van der Waals surface area contributed by atoms with E-state index in [-0.39, 0.29) is 0 Å². The average molecular weight is 210 g/mol. The van der Waals surface area contributed by atoms with Gasteiger partial charge in [-0.25, -0.2) is 9.97 Å². The molecule has 0 aliphatic carbocycles. The Morgan fingerprint density at radius 1 is 1.07 bits per heavy atom. The van der Waals surface area contributed by atoms with E-state index in [0.29, 0.717) is 6.61 Å². The van der Waals surface area contributed by atoms with Crippen LogP contribution in [0.15, 0.2) is 18.7 Å². The molecular formula is C11H18N2O2. The lowest BCUT2D eigenvalue weighted by Crippen LogP contribution is -2.01. The normalized spacial score (nSPS) is 10.2. The van der Waals surface area contributed by atoms with Crippen LogP contribution in [-0.2, 0) is 4.74 Å². The van der Waals surface area contributed by atoms with E-state index in [1.54, 1.807) is 12.4 Å². The van der Waals surface area contributed by atoms with Crippen molar-refractivity contribution in [2.24, 2.45) is 0 Å². The van der Waals surface area contributed by atoms with Gasteiger partial charge in [0.1, 0.15) is 6.33 Å². The van der Waals surface area contributed by atoms with Crippen LogP contribution in [0.1, 0.15) is 26.2 Å². The summed E-state index contributed by atoms with van der Waals surface area (Å²) in [7, 11) is 0. The summed E-state index contributed by atoms with van der Waals surface area (Å²) < 4.78 is 10.8. The third-order valence-corrected chi connectivity index (χ3v) is 1.84. The van der Waals surface area contributed by atoms with Crippen LogP contribution in [0.5, 0.6) is 5.75 Å². The minimum atomic E-state index is 0.697. The Balaban J connectivity index is 1.93. The number of hydrogen-bond acceptors (Lipinski definition) is 4. The molecule has 1 heterocycles. The molecule has 0 amide bonds. The summed E-state index contributed by atoms with van der Waals surface area (Å²) in [5, 5.41) is 0. The van der Waals surface area contributed by atoms with Gasteiger partial charge in [0.2, 0.25) is 0 Å². The molecule has 84 valence electrons. The number of rotatable bonds is 8. The first-order chi connectivity index (χ1) is 7.43. The van der Waals surface area contributed by atoms with Gasteiger partial charge in [0.25, 0.3) is 0 Å². The van der Waals surface area contributed by atoms with Gasteiger partial charge in [0.15, 0.2) is 5.75 Å². The molecule has 0 spiro atoms. The second kappa shape index (κ2) is 8.17. The van der Waals surface area contributed by atoms with Crippen molar-refractivity contribution in [3.05, 3.63) is 18.7 Å². The Morgan fingerprint density at radius 2 is 1.80 bits per heavy atom. The number of unbranched alkanes of at least 4 members (excludes halogenated alkanes) is 1. The quantitative estimate of drug-likeness (QED) is 0.616. The monoisotopic (exact) mass is 210 g/mol. The van der Waals surface area contributed by atoms with E-state index in [0.717, 1.165) is 38.2 Å². The van der Waals surface area contributed by atoms with Crippen molar-refractivity contribution >= 4 is 0 Å². The van der Waals surface area contributed by atoms with Crippen molar-refractivity contribution in [1.82, 2.24) is 9.97 Å². The van der Waals surface area contributed by atoms with E-state index in [1.165, 1.54) is 6.33 Å². The summed E-state index contributed by atoms with van der Waals surface area (Å²) in [5.41, 5.74) is 0. The van der Waals surface area contributed by atoms with Gasteiger partial charge in [-0.3, -0.25) is 0 Å². The van der Waals surface area contributed by atoms with Gasteiger partial charge >= 0.3 is 0 Å². The SMILES string of the molecule is CCCOCCCCOc1cncnc1. The molecule has 1 aromatic rings. The predicted octanol–water partition coefficient (Wildman–Crippen LogP) is 2.06. The van der Waals surface area contributed by atoms with E-state index in [1.807, 2.05) is 0 Å². The number of nitrogens with zero attached hydrogens (tertiary/aromatic N) is 2. The topological polar surface area (TPSA) is 44.2 Å². The molecular weight excluding hydrogens is 192 g/mol. The maximum absolute atomic E-state index is 5.43. The summed E-state index contributed by atoms with van der Waals surface area (Å²) in [4.78, 5) is 7.73. The van der Waals surface area contributed by atoms with Crippen LogP contribution in [0.3, 0.4) is 0 Å². The summed E-state index contributed by atoms with van der Waals surface area (Å²) >= 11 is 0. The highest BCUT2D eigenvalue weighted by Gasteiger charge is 1.93. The zero-order valence-electron chi connectivity index (χ0n) is 9.19. The van der Waals surface area contributed by atoms with Crippen molar-refractivity contribution in [2.75, 3.05) is 19.8 Å². The highest BCUT2D eigenvalue weighted by atomic mass is 16.5. The zero-order valence-corrected chi connectivity index (χ0v) is 9.19. The van der Waals surface area contributed by atoms with Gasteiger partial charge < -0.3 is 9.47 Å². The minimum absolute atomic E-state index is 0.697. The van der Waals surface area contributed by atoms with Gasteiger partial charge in [-0.15, -0.1) is 0 Å². The molecule has 0 radical (unpaired) electrons. The molecule has 0 aliphatic rings. The van der Waals surface area contributed by atoms with Crippen molar-refractivity contribution < 1.29 is 9.47 Å². The van der Waals surface area contributed by atoms with E-state index in [2.05, 4.69) is 16.9 Å². The van der Waals surface area contributed by atoms with Gasteiger partial charge in [-0.1, -0.05) is 6.92 Å². The first kappa shape index (κ1) is 11.9. The van der Waals surface area contributed by atoms with Crippen molar-refractivity contribution in [2.45, 2.75) is 26.2 Å². The molecule has 0 N–H and O–H groups in total. The van der Waals surface area contributed by atoms with Gasteiger partial charge in [0.05, 0.1) is 19.0 Å². The van der Waals surface area contributed by atoms with E-state index in [9.17, 15) is 0 Å². The van der Waals surface area contributed by atoms with Gasteiger partial charge in [0, 0.05) is 13.2 Å². The van der Waals surface area contributed by atoms with Crippen molar-refractivity contribution in [1.29, 1.82) is 0 Å². The van der Waals surface area contributed by atoms with E-state index >= 15 is 0 Å². The van der Waals surface area contributed by atoms with E-state index in [4.69, 9.17) is 9.47 Å². The highest BCUT2D eigenvalue weighted by Crippen LogP contribution is 2.04. The Morgan fingerprint density at radius 3 is 2.53 bits per heavy atom. The summed E-state index contributed by atoms with van der Waals surface area (Å²) in [6.45, 7) is 4.48. The molecule has 0 fully saturated rings. The third-order valence-electron chi connectivity index (χ3n) is 1.84. The second-order valence-corrected chi connectivity index (χ2v) is 3.24.